The fourth-order valence-electron chi connectivity index (χ4n) is 3.07. The summed E-state index contributed by atoms with van der Waals surface area (Å²) in [6, 6.07) is 6.68. The molecule has 0 saturated carbocycles. The van der Waals surface area contributed by atoms with E-state index < -0.39 is 0 Å². The molecule has 4 heteroatoms. The minimum absolute atomic E-state index is 0.0886. The average Bonchev–Trinajstić information content (AvgIpc) is 2.45. The number of hydrogen-bond donors (Lipinski definition) is 1. The van der Waals surface area contributed by atoms with E-state index >= 15 is 0 Å². The van der Waals surface area contributed by atoms with Gasteiger partial charge in [0.2, 0.25) is 11.8 Å². The normalized spacial score (nSPS) is 17.3. The maximum atomic E-state index is 12.4. The van der Waals surface area contributed by atoms with Crippen molar-refractivity contribution in [2.24, 2.45) is 0 Å². The molecule has 2 rings (SSSR count). The van der Waals surface area contributed by atoms with E-state index in [1.165, 1.54) is 23.6 Å². The molecule has 0 radical (unpaired) electrons. The number of nitrogens with one attached hydrogen (secondary N) is 1. The van der Waals surface area contributed by atoms with Crippen molar-refractivity contribution < 1.29 is 9.59 Å². The Bertz CT molecular complexity index is 540. The summed E-state index contributed by atoms with van der Waals surface area (Å²) >= 11 is 0. The number of fused-ring (bicyclic) bond motifs is 1. The third-order valence-electron chi connectivity index (χ3n) is 4.08. The first kappa shape index (κ1) is 15.5. The summed E-state index contributed by atoms with van der Waals surface area (Å²) in [5, 5.41) is 2.69. The Morgan fingerprint density at radius 2 is 2.14 bits per heavy atom. The predicted octanol–water partition coefficient (Wildman–Crippen LogP) is 2.36. The maximum Gasteiger partial charge on any atom is 0.224 e. The second-order valence-corrected chi connectivity index (χ2v) is 5.70. The van der Waals surface area contributed by atoms with Gasteiger partial charge < -0.3 is 10.2 Å². The van der Waals surface area contributed by atoms with Gasteiger partial charge in [0.15, 0.2) is 0 Å². The molecule has 1 heterocycles. The van der Waals surface area contributed by atoms with Gasteiger partial charge in [-0.3, -0.25) is 9.59 Å². The Morgan fingerprint density at radius 3 is 2.81 bits per heavy atom. The zero-order chi connectivity index (χ0) is 15.4. The van der Waals surface area contributed by atoms with Gasteiger partial charge in [0.1, 0.15) is 0 Å². The molecular formula is C17H24N2O2. The number of benzene rings is 1. The fourth-order valence-corrected chi connectivity index (χ4v) is 3.07. The SMILES string of the molecule is CCC1c2ccc(C)cc2CCN1C(=O)CCNC(C)=O. The average molecular weight is 288 g/mol. The van der Waals surface area contributed by atoms with Crippen molar-refractivity contribution in [1.82, 2.24) is 10.2 Å². The summed E-state index contributed by atoms with van der Waals surface area (Å²) in [6.45, 7) is 6.88. The Hall–Kier alpha value is -1.84. The van der Waals surface area contributed by atoms with Gasteiger partial charge in [-0.15, -0.1) is 0 Å². The molecule has 1 aromatic carbocycles. The summed E-state index contributed by atoms with van der Waals surface area (Å²) < 4.78 is 0. The van der Waals surface area contributed by atoms with E-state index in [-0.39, 0.29) is 17.9 Å². The summed E-state index contributed by atoms with van der Waals surface area (Å²) in [7, 11) is 0. The van der Waals surface area contributed by atoms with Crippen molar-refractivity contribution in [3.63, 3.8) is 0 Å². The van der Waals surface area contributed by atoms with Gasteiger partial charge in [-0.05, 0) is 30.9 Å². The number of rotatable bonds is 4. The molecule has 0 bridgehead atoms. The molecule has 1 atom stereocenters. The molecule has 1 unspecified atom stereocenters. The van der Waals surface area contributed by atoms with Gasteiger partial charge >= 0.3 is 0 Å². The van der Waals surface area contributed by atoms with Crippen LogP contribution in [0.3, 0.4) is 0 Å². The van der Waals surface area contributed by atoms with Crippen LogP contribution in [0, 0.1) is 6.92 Å². The van der Waals surface area contributed by atoms with E-state index in [0.717, 1.165) is 19.4 Å². The van der Waals surface area contributed by atoms with Gasteiger partial charge in [0, 0.05) is 26.4 Å². The molecule has 0 saturated heterocycles. The van der Waals surface area contributed by atoms with Crippen molar-refractivity contribution in [2.45, 2.75) is 46.1 Å². The van der Waals surface area contributed by atoms with Crippen LogP contribution in [0.1, 0.15) is 49.4 Å². The maximum absolute atomic E-state index is 12.4. The summed E-state index contributed by atoms with van der Waals surface area (Å²) in [5.41, 5.74) is 3.92. The molecule has 1 aromatic rings. The zero-order valence-electron chi connectivity index (χ0n) is 13.1. The lowest BCUT2D eigenvalue weighted by atomic mass is 9.89. The topological polar surface area (TPSA) is 49.4 Å². The lowest BCUT2D eigenvalue weighted by molar-refractivity contribution is -0.134. The Kier molecular flexibility index (Phi) is 4.99. The lowest BCUT2D eigenvalue weighted by Gasteiger charge is -2.37. The first-order chi connectivity index (χ1) is 10.0. The number of aryl methyl sites for hydroxylation is 1. The van der Waals surface area contributed by atoms with Crippen molar-refractivity contribution in [2.75, 3.05) is 13.1 Å². The first-order valence-electron chi connectivity index (χ1n) is 7.66. The van der Waals surface area contributed by atoms with Crippen LogP contribution < -0.4 is 5.32 Å². The minimum Gasteiger partial charge on any atom is -0.356 e. The molecule has 0 aromatic heterocycles. The minimum atomic E-state index is -0.0886. The molecule has 1 N–H and O–H groups in total. The largest absolute Gasteiger partial charge is 0.356 e. The van der Waals surface area contributed by atoms with Crippen LogP contribution in [0.2, 0.25) is 0 Å². The van der Waals surface area contributed by atoms with Crippen molar-refractivity contribution >= 4 is 11.8 Å². The number of carbonyl (C=O) groups is 2. The molecule has 4 nitrogen and oxygen atoms in total. The third kappa shape index (κ3) is 3.63. The fraction of sp³-hybridized carbons (Fsp3) is 0.529. The Morgan fingerprint density at radius 1 is 1.38 bits per heavy atom. The monoisotopic (exact) mass is 288 g/mol. The molecule has 0 spiro atoms. The van der Waals surface area contributed by atoms with Crippen molar-refractivity contribution in [1.29, 1.82) is 0 Å². The molecule has 114 valence electrons. The van der Waals surface area contributed by atoms with Crippen LogP contribution in [0.4, 0.5) is 0 Å². The van der Waals surface area contributed by atoms with Crippen LogP contribution in [-0.2, 0) is 16.0 Å². The lowest BCUT2D eigenvalue weighted by Crippen LogP contribution is -2.41. The number of nitrogens with zero attached hydrogens (tertiary/aromatic N) is 1. The molecular weight excluding hydrogens is 264 g/mol. The molecule has 0 aliphatic carbocycles. The van der Waals surface area contributed by atoms with Crippen LogP contribution in [0.5, 0.6) is 0 Å². The summed E-state index contributed by atoms with van der Waals surface area (Å²) in [6.07, 6.45) is 2.21. The predicted molar refractivity (Wildman–Crippen MR) is 82.9 cm³/mol. The van der Waals surface area contributed by atoms with Gasteiger partial charge in [0.25, 0.3) is 0 Å². The van der Waals surface area contributed by atoms with E-state index in [1.807, 2.05) is 4.90 Å². The van der Waals surface area contributed by atoms with E-state index in [1.54, 1.807) is 0 Å². The van der Waals surface area contributed by atoms with E-state index in [9.17, 15) is 9.59 Å². The van der Waals surface area contributed by atoms with Crippen LogP contribution in [-0.4, -0.2) is 29.8 Å². The zero-order valence-corrected chi connectivity index (χ0v) is 13.1. The highest BCUT2D eigenvalue weighted by molar-refractivity contribution is 5.78. The number of carbonyl (C=O) groups excluding carboxylic acids is 2. The second kappa shape index (κ2) is 6.74. The van der Waals surface area contributed by atoms with Crippen LogP contribution >= 0.6 is 0 Å². The highest BCUT2D eigenvalue weighted by Gasteiger charge is 2.29. The highest BCUT2D eigenvalue weighted by atomic mass is 16.2. The van der Waals surface area contributed by atoms with E-state index in [0.29, 0.717) is 13.0 Å². The molecule has 1 aliphatic heterocycles. The number of amides is 2. The smallest absolute Gasteiger partial charge is 0.224 e. The molecule has 21 heavy (non-hydrogen) atoms. The standard InChI is InChI=1S/C17H24N2O2/c1-4-16-15-6-5-12(2)11-14(15)8-10-19(16)17(21)7-9-18-13(3)20/h5-6,11,16H,4,7-10H2,1-3H3,(H,18,20). The molecule has 0 fully saturated rings. The molecule has 2 amide bonds. The van der Waals surface area contributed by atoms with Crippen molar-refractivity contribution in [3.05, 3.63) is 34.9 Å². The van der Waals surface area contributed by atoms with E-state index in [4.69, 9.17) is 0 Å². The highest BCUT2D eigenvalue weighted by Crippen LogP contribution is 2.32. The quantitative estimate of drug-likeness (QED) is 0.924. The van der Waals surface area contributed by atoms with Gasteiger partial charge in [-0.25, -0.2) is 0 Å². The molecule has 1 aliphatic rings. The van der Waals surface area contributed by atoms with E-state index in [2.05, 4.69) is 37.4 Å². The Labute approximate surface area is 126 Å². The number of hydrogen-bond acceptors (Lipinski definition) is 2. The van der Waals surface area contributed by atoms with Gasteiger partial charge in [-0.2, -0.15) is 0 Å². The van der Waals surface area contributed by atoms with Gasteiger partial charge in [0.05, 0.1) is 6.04 Å². The van der Waals surface area contributed by atoms with Crippen LogP contribution in [0.25, 0.3) is 0 Å². The van der Waals surface area contributed by atoms with Crippen LogP contribution in [0.15, 0.2) is 18.2 Å². The Balaban J connectivity index is 2.09. The van der Waals surface area contributed by atoms with Gasteiger partial charge in [-0.1, -0.05) is 30.7 Å². The summed E-state index contributed by atoms with van der Waals surface area (Å²) in [4.78, 5) is 25.3. The third-order valence-corrected chi connectivity index (χ3v) is 4.08. The first-order valence-corrected chi connectivity index (χ1v) is 7.66. The van der Waals surface area contributed by atoms with Crippen molar-refractivity contribution in [3.8, 4) is 0 Å². The summed E-state index contributed by atoms with van der Waals surface area (Å²) in [5.74, 6) is 0.0381. The second-order valence-electron chi connectivity index (χ2n) is 5.70.